The van der Waals surface area contributed by atoms with E-state index < -0.39 is 0 Å². The first-order valence-corrected chi connectivity index (χ1v) is 6.41. The highest BCUT2D eigenvalue weighted by Crippen LogP contribution is 2.25. The average molecular weight is 349 g/mol. The largest absolute Gasteiger partial charge is 0.438 e. The summed E-state index contributed by atoms with van der Waals surface area (Å²) in [5.41, 5.74) is 1.34. The van der Waals surface area contributed by atoms with Crippen molar-refractivity contribution in [2.75, 3.05) is 0 Å². The molecule has 0 N–H and O–H groups in total. The molecule has 0 amide bonds. The zero-order valence-corrected chi connectivity index (χ0v) is 11.4. The van der Waals surface area contributed by atoms with Crippen LogP contribution in [-0.4, -0.2) is 15.0 Å². The Morgan fingerprint density at radius 2 is 1.78 bits per heavy atom. The Kier molecular flexibility index (Phi) is 3.06. The number of hydrogen-bond acceptors (Lipinski definition) is 4. The number of aromatic nitrogens is 3. The summed E-state index contributed by atoms with van der Waals surface area (Å²) in [5, 5.41) is 0. The third kappa shape index (κ3) is 2.26. The predicted octanol–water partition coefficient (Wildman–Crippen LogP) is 3.42. The van der Waals surface area contributed by atoms with Gasteiger partial charge in [0.25, 0.3) is 0 Å². The van der Waals surface area contributed by atoms with E-state index in [0.29, 0.717) is 11.5 Å². The van der Waals surface area contributed by atoms with E-state index in [0.717, 1.165) is 14.8 Å². The summed E-state index contributed by atoms with van der Waals surface area (Å²) in [6.45, 7) is 0. The monoisotopic (exact) mass is 349 g/mol. The fourth-order valence-corrected chi connectivity index (χ4v) is 2.03. The molecule has 0 aliphatic carbocycles. The number of nitrogens with zero attached hydrogens (tertiary/aromatic N) is 3. The van der Waals surface area contributed by atoms with Gasteiger partial charge in [0.15, 0.2) is 5.65 Å². The highest BCUT2D eigenvalue weighted by molar-refractivity contribution is 14.1. The van der Waals surface area contributed by atoms with E-state index in [2.05, 4.69) is 37.5 Å². The summed E-state index contributed by atoms with van der Waals surface area (Å²) in [6, 6.07) is 11.4. The maximum atomic E-state index is 5.73. The molecule has 2 heterocycles. The molecule has 5 heteroatoms. The molecule has 4 nitrogen and oxygen atoms in total. The second kappa shape index (κ2) is 4.85. The Morgan fingerprint density at radius 1 is 0.944 bits per heavy atom. The van der Waals surface area contributed by atoms with Crippen molar-refractivity contribution in [3.8, 4) is 11.6 Å². The molecule has 3 aromatic rings. The van der Waals surface area contributed by atoms with Crippen molar-refractivity contribution in [3.05, 3.63) is 52.4 Å². The first-order valence-electron chi connectivity index (χ1n) is 5.33. The summed E-state index contributed by atoms with van der Waals surface area (Å²) in [6.07, 6.45) is 3.26. The van der Waals surface area contributed by atoms with Crippen LogP contribution in [0.15, 0.2) is 48.8 Å². The first kappa shape index (κ1) is 11.3. The lowest BCUT2D eigenvalue weighted by atomic mass is 10.3. The molecule has 0 radical (unpaired) electrons. The molecule has 18 heavy (non-hydrogen) atoms. The number of ether oxygens (including phenoxy) is 1. The molecule has 0 atom stereocenters. The van der Waals surface area contributed by atoms with Gasteiger partial charge in [-0.25, -0.2) is 4.98 Å². The summed E-state index contributed by atoms with van der Waals surface area (Å²) in [7, 11) is 0. The second-order valence-electron chi connectivity index (χ2n) is 3.58. The molecule has 88 valence electrons. The van der Waals surface area contributed by atoms with Crippen LogP contribution in [0.25, 0.3) is 11.2 Å². The van der Waals surface area contributed by atoms with Crippen molar-refractivity contribution in [3.63, 3.8) is 0 Å². The lowest BCUT2D eigenvalue weighted by Crippen LogP contribution is -1.92. The van der Waals surface area contributed by atoms with Crippen molar-refractivity contribution in [2.24, 2.45) is 0 Å². The van der Waals surface area contributed by atoms with Gasteiger partial charge < -0.3 is 4.74 Å². The molecule has 3 rings (SSSR count). The predicted molar refractivity (Wildman–Crippen MR) is 76.6 cm³/mol. The summed E-state index contributed by atoms with van der Waals surface area (Å²) in [4.78, 5) is 12.6. The third-order valence-electron chi connectivity index (χ3n) is 2.36. The number of benzene rings is 1. The molecule has 0 aliphatic rings. The topological polar surface area (TPSA) is 47.9 Å². The van der Waals surface area contributed by atoms with Gasteiger partial charge in [-0.15, -0.1) is 0 Å². The van der Waals surface area contributed by atoms with Crippen LogP contribution in [0.2, 0.25) is 0 Å². The van der Waals surface area contributed by atoms with E-state index in [1.54, 1.807) is 18.5 Å². The van der Waals surface area contributed by atoms with Crippen LogP contribution < -0.4 is 4.74 Å². The van der Waals surface area contributed by atoms with Crippen LogP contribution in [0.1, 0.15) is 0 Å². The normalized spacial score (nSPS) is 10.5. The van der Waals surface area contributed by atoms with Crippen LogP contribution in [0.5, 0.6) is 11.6 Å². The first-order chi connectivity index (χ1) is 8.83. The number of para-hydroxylation sites is 1. The number of fused-ring (bicyclic) bond motifs is 1. The fraction of sp³-hybridized carbons (Fsp3) is 0. The number of pyridine rings is 1. The average Bonchev–Trinajstić information content (AvgIpc) is 2.41. The molecular formula is C13H8IN3O. The molecular weight excluding hydrogens is 341 g/mol. The molecule has 1 aromatic carbocycles. The molecule has 0 saturated carbocycles. The van der Waals surface area contributed by atoms with Gasteiger partial charge in [0.05, 0.1) is 3.57 Å². The Bertz CT molecular complexity index is 702. The Hall–Kier alpha value is -1.76. The summed E-state index contributed by atoms with van der Waals surface area (Å²) >= 11 is 2.22. The second-order valence-corrected chi connectivity index (χ2v) is 4.74. The van der Waals surface area contributed by atoms with Gasteiger partial charge in [0.2, 0.25) is 5.88 Å². The zero-order valence-electron chi connectivity index (χ0n) is 9.25. The van der Waals surface area contributed by atoms with Gasteiger partial charge in [-0.1, -0.05) is 12.1 Å². The highest BCUT2D eigenvalue weighted by atomic mass is 127. The van der Waals surface area contributed by atoms with E-state index in [4.69, 9.17) is 4.74 Å². The maximum Gasteiger partial charge on any atom is 0.221 e. The number of halogens is 1. The Morgan fingerprint density at radius 3 is 2.67 bits per heavy atom. The van der Waals surface area contributed by atoms with E-state index in [-0.39, 0.29) is 0 Å². The van der Waals surface area contributed by atoms with Gasteiger partial charge in [0.1, 0.15) is 11.3 Å². The molecule has 0 fully saturated rings. The van der Waals surface area contributed by atoms with Crippen LogP contribution in [0.3, 0.4) is 0 Å². The van der Waals surface area contributed by atoms with Gasteiger partial charge >= 0.3 is 0 Å². The SMILES string of the molecule is Ic1ccccc1Oc1ccc2nccnc2n1. The minimum atomic E-state index is 0.520. The van der Waals surface area contributed by atoms with E-state index in [1.807, 2.05) is 30.3 Å². The maximum absolute atomic E-state index is 5.73. The summed E-state index contributed by atoms with van der Waals surface area (Å²) in [5.74, 6) is 1.31. The van der Waals surface area contributed by atoms with Crippen molar-refractivity contribution >= 4 is 33.8 Å². The lowest BCUT2D eigenvalue weighted by molar-refractivity contribution is 0.461. The van der Waals surface area contributed by atoms with Gasteiger partial charge in [0, 0.05) is 18.5 Å². The third-order valence-corrected chi connectivity index (χ3v) is 3.25. The van der Waals surface area contributed by atoms with Crippen molar-refractivity contribution in [1.29, 1.82) is 0 Å². The number of hydrogen-bond donors (Lipinski definition) is 0. The zero-order chi connectivity index (χ0) is 12.4. The van der Waals surface area contributed by atoms with Gasteiger partial charge in [-0.2, -0.15) is 4.98 Å². The molecule has 0 bridgehead atoms. The summed E-state index contributed by atoms with van der Waals surface area (Å²) < 4.78 is 6.77. The lowest BCUT2D eigenvalue weighted by Gasteiger charge is -2.06. The smallest absolute Gasteiger partial charge is 0.221 e. The molecule has 0 spiro atoms. The Balaban J connectivity index is 1.98. The number of rotatable bonds is 2. The van der Waals surface area contributed by atoms with Crippen molar-refractivity contribution in [1.82, 2.24) is 15.0 Å². The van der Waals surface area contributed by atoms with Crippen molar-refractivity contribution < 1.29 is 4.74 Å². The van der Waals surface area contributed by atoms with Gasteiger partial charge in [-0.3, -0.25) is 4.98 Å². The molecule has 0 aliphatic heterocycles. The van der Waals surface area contributed by atoms with Crippen LogP contribution >= 0.6 is 22.6 Å². The fourth-order valence-electron chi connectivity index (χ4n) is 1.53. The molecule has 0 saturated heterocycles. The van der Waals surface area contributed by atoms with Crippen molar-refractivity contribution in [2.45, 2.75) is 0 Å². The standard InChI is InChI=1S/C13H8IN3O/c14-9-3-1-2-4-11(9)18-12-6-5-10-13(17-12)16-8-7-15-10/h1-8H. The van der Waals surface area contributed by atoms with E-state index >= 15 is 0 Å². The minimum Gasteiger partial charge on any atom is -0.438 e. The van der Waals surface area contributed by atoms with Crippen LogP contribution in [0.4, 0.5) is 0 Å². The highest BCUT2D eigenvalue weighted by Gasteiger charge is 2.04. The minimum absolute atomic E-state index is 0.520. The van der Waals surface area contributed by atoms with Gasteiger partial charge in [-0.05, 0) is 40.8 Å². The molecule has 0 unspecified atom stereocenters. The quantitative estimate of drug-likeness (QED) is 0.666. The van der Waals surface area contributed by atoms with E-state index in [9.17, 15) is 0 Å². The van der Waals surface area contributed by atoms with Crippen LogP contribution in [0, 0.1) is 3.57 Å². The van der Waals surface area contributed by atoms with Crippen LogP contribution in [-0.2, 0) is 0 Å². The Labute approximate surface area is 117 Å². The van der Waals surface area contributed by atoms with E-state index in [1.165, 1.54) is 0 Å². The molecule has 2 aromatic heterocycles.